The van der Waals surface area contributed by atoms with Gasteiger partial charge in [-0.25, -0.2) is 9.82 Å². The van der Waals surface area contributed by atoms with E-state index in [1.165, 1.54) is 17.7 Å². The maximum Gasteiger partial charge on any atom is 0.240 e. The van der Waals surface area contributed by atoms with Gasteiger partial charge in [0.1, 0.15) is 23.9 Å². The normalized spacial score (nSPS) is 10.9. The fourth-order valence-electron chi connectivity index (χ4n) is 3.21. The molecule has 0 heterocycles. The molecule has 0 unspecified atom stereocenters. The van der Waals surface area contributed by atoms with Crippen LogP contribution in [0.15, 0.2) is 70.2 Å². The van der Waals surface area contributed by atoms with Gasteiger partial charge in [-0.15, -0.1) is 0 Å². The number of benzene rings is 3. The topological polar surface area (TPSA) is 59.9 Å². The number of hydrogen-bond donors (Lipinski definition) is 1. The first-order valence-corrected chi connectivity index (χ1v) is 11.4. The van der Waals surface area contributed by atoms with E-state index in [1.54, 1.807) is 25.5 Å². The van der Waals surface area contributed by atoms with Gasteiger partial charge < -0.3 is 9.47 Å². The minimum absolute atomic E-state index is 0.129. The van der Waals surface area contributed by atoms with Crippen molar-refractivity contribution in [1.29, 1.82) is 0 Å². The van der Waals surface area contributed by atoms with Crippen LogP contribution in [0, 0.1) is 12.7 Å². The first kappa shape index (κ1) is 24.5. The monoisotopic (exact) mass is 512 g/mol. The van der Waals surface area contributed by atoms with Gasteiger partial charge in [-0.05, 0) is 100 Å². The summed E-state index contributed by atoms with van der Waals surface area (Å²) in [4.78, 5) is 12.1. The fourth-order valence-corrected chi connectivity index (χ4v) is 3.72. The van der Waals surface area contributed by atoms with Crippen molar-refractivity contribution in [1.82, 2.24) is 5.43 Å². The number of carbonyl (C=O) groups is 1. The molecule has 33 heavy (non-hydrogen) atoms. The van der Waals surface area contributed by atoms with Crippen molar-refractivity contribution in [2.45, 2.75) is 32.8 Å². The third-order valence-corrected chi connectivity index (χ3v) is 5.69. The molecule has 0 aliphatic rings. The molecule has 0 saturated heterocycles. The van der Waals surface area contributed by atoms with Crippen molar-refractivity contribution in [3.05, 3.63) is 93.2 Å². The van der Waals surface area contributed by atoms with Gasteiger partial charge in [-0.1, -0.05) is 18.2 Å². The summed E-state index contributed by atoms with van der Waals surface area (Å²) in [5, 5.41) is 4.04. The number of hydrogen-bond acceptors (Lipinski definition) is 4. The smallest absolute Gasteiger partial charge is 0.240 e. The van der Waals surface area contributed by atoms with Gasteiger partial charge in [0.25, 0.3) is 0 Å². The maximum atomic E-state index is 13.0. The zero-order valence-corrected chi connectivity index (χ0v) is 20.2. The molecule has 3 aromatic rings. The molecule has 0 spiro atoms. The Morgan fingerprint density at radius 2 is 1.91 bits per heavy atom. The Kier molecular flexibility index (Phi) is 9.01. The van der Waals surface area contributed by atoms with Crippen LogP contribution in [0.5, 0.6) is 11.5 Å². The number of aryl methyl sites for hydroxylation is 2. The van der Waals surface area contributed by atoms with Gasteiger partial charge >= 0.3 is 0 Å². The van der Waals surface area contributed by atoms with Crippen LogP contribution < -0.4 is 14.9 Å². The summed E-state index contributed by atoms with van der Waals surface area (Å²) >= 11 is 3.48. The van der Waals surface area contributed by atoms with Crippen molar-refractivity contribution < 1.29 is 18.7 Å². The Morgan fingerprint density at radius 1 is 1.12 bits per heavy atom. The van der Waals surface area contributed by atoms with E-state index in [2.05, 4.69) is 26.5 Å². The van der Waals surface area contributed by atoms with Crippen molar-refractivity contribution in [2.75, 3.05) is 7.11 Å². The molecule has 0 aromatic heterocycles. The van der Waals surface area contributed by atoms with Crippen molar-refractivity contribution in [3.63, 3.8) is 0 Å². The molecule has 0 bridgehead atoms. The van der Waals surface area contributed by atoms with Gasteiger partial charge in [0, 0.05) is 6.42 Å². The van der Waals surface area contributed by atoms with Gasteiger partial charge in [-0.3, -0.25) is 4.79 Å². The number of amides is 1. The average molecular weight is 513 g/mol. The lowest BCUT2D eigenvalue weighted by atomic mass is 10.0. The molecule has 3 aromatic carbocycles. The number of nitrogens with one attached hydrogen (secondary N) is 1. The average Bonchev–Trinajstić information content (AvgIpc) is 2.80. The van der Waals surface area contributed by atoms with Crippen LogP contribution in [-0.4, -0.2) is 19.2 Å². The third-order valence-electron chi connectivity index (χ3n) is 5.07. The Hall–Kier alpha value is -3.19. The number of rotatable bonds is 10. The second-order valence-electron chi connectivity index (χ2n) is 7.54. The minimum atomic E-state index is -0.275. The number of carbonyl (C=O) groups excluding carboxylic acids is 1. The molecule has 0 aliphatic heterocycles. The highest BCUT2D eigenvalue weighted by atomic mass is 79.9. The second-order valence-corrected chi connectivity index (χ2v) is 8.40. The molecule has 7 heteroatoms. The van der Waals surface area contributed by atoms with Crippen molar-refractivity contribution in [2.24, 2.45) is 5.10 Å². The molecule has 0 radical (unpaired) electrons. The molecular formula is C26H26BrFN2O3. The summed E-state index contributed by atoms with van der Waals surface area (Å²) in [6, 6.07) is 17.7. The van der Waals surface area contributed by atoms with Gasteiger partial charge in [0.2, 0.25) is 5.91 Å². The molecule has 0 atom stereocenters. The van der Waals surface area contributed by atoms with Gasteiger partial charge in [0.05, 0.1) is 17.8 Å². The number of nitrogens with zero attached hydrogens (tertiary/aromatic N) is 1. The zero-order chi connectivity index (χ0) is 23.6. The number of methoxy groups -OCH3 is 1. The molecule has 0 fully saturated rings. The molecule has 1 amide bonds. The molecule has 0 saturated carbocycles. The second kappa shape index (κ2) is 12.2. The van der Waals surface area contributed by atoms with E-state index in [0.717, 1.165) is 39.8 Å². The lowest BCUT2D eigenvalue weighted by Gasteiger charge is -2.09. The zero-order valence-electron chi connectivity index (χ0n) is 18.6. The van der Waals surface area contributed by atoms with E-state index in [4.69, 9.17) is 9.47 Å². The largest absolute Gasteiger partial charge is 0.497 e. The quantitative estimate of drug-likeness (QED) is 0.269. The molecule has 3 rings (SSSR count). The predicted octanol–water partition coefficient (Wildman–Crippen LogP) is 5.96. The summed E-state index contributed by atoms with van der Waals surface area (Å²) in [6.07, 6.45) is 3.53. The standard InChI is InChI=1S/C26H26BrFN2O3/c1-18-14-23(32-2)12-9-21(18)4-3-5-26(31)30-29-16-20-8-13-25(24(27)15-20)33-17-19-6-10-22(28)11-7-19/h6-16H,3-5,17H2,1-2H3,(H,30,31)/b29-16-. The minimum Gasteiger partial charge on any atom is -0.497 e. The fraction of sp³-hybridized carbons (Fsp3) is 0.231. The molecule has 5 nitrogen and oxygen atoms in total. The Bertz CT molecular complexity index is 1120. The summed E-state index contributed by atoms with van der Waals surface area (Å²) in [5.41, 5.74) is 6.62. The van der Waals surface area contributed by atoms with E-state index < -0.39 is 0 Å². The van der Waals surface area contributed by atoms with E-state index in [1.807, 2.05) is 43.3 Å². The lowest BCUT2D eigenvalue weighted by Crippen LogP contribution is -2.17. The first-order valence-electron chi connectivity index (χ1n) is 10.6. The number of hydrazone groups is 1. The Balaban J connectivity index is 1.43. The molecule has 172 valence electrons. The number of halogens is 2. The molecule has 1 N–H and O–H groups in total. The van der Waals surface area contributed by atoms with Crippen LogP contribution in [0.25, 0.3) is 0 Å². The Labute approximate surface area is 201 Å². The highest BCUT2D eigenvalue weighted by Gasteiger charge is 2.05. The Morgan fingerprint density at radius 3 is 2.61 bits per heavy atom. The van der Waals surface area contributed by atoms with Crippen LogP contribution in [0.3, 0.4) is 0 Å². The summed E-state index contributed by atoms with van der Waals surface area (Å²) in [7, 11) is 1.65. The SMILES string of the molecule is COc1ccc(CCCC(=O)N/N=C\c2ccc(OCc3ccc(F)cc3)c(Br)c2)c(C)c1. The summed E-state index contributed by atoms with van der Waals surface area (Å²) in [6.45, 7) is 2.37. The van der Waals surface area contributed by atoms with Crippen LogP contribution in [0.1, 0.15) is 35.1 Å². The maximum absolute atomic E-state index is 13.0. The summed E-state index contributed by atoms with van der Waals surface area (Å²) < 4.78 is 24.7. The molecule has 0 aliphatic carbocycles. The van der Waals surface area contributed by atoms with Gasteiger partial charge in [0.15, 0.2) is 0 Å². The van der Waals surface area contributed by atoms with Gasteiger partial charge in [-0.2, -0.15) is 5.10 Å². The van der Waals surface area contributed by atoms with E-state index in [-0.39, 0.29) is 11.7 Å². The van der Waals surface area contributed by atoms with Crippen molar-refractivity contribution >= 4 is 28.1 Å². The van der Waals surface area contributed by atoms with E-state index in [0.29, 0.717) is 18.8 Å². The predicted molar refractivity (Wildman–Crippen MR) is 131 cm³/mol. The highest BCUT2D eigenvalue weighted by Crippen LogP contribution is 2.26. The van der Waals surface area contributed by atoms with Crippen molar-refractivity contribution in [3.8, 4) is 11.5 Å². The lowest BCUT2D eigenvalue weighted by molar-refractivity contribution is -0.121. The van der Waals surface area contributed by atoms with Crippen LogP contribution in [0.2, 0.25) is 0 Å². The number of ether oxygens (including phenoxy) is 2. The highest BCUT2D eigenvalue weighted by molar-refractivity contribution is 9.10. The molecular weight excluding hydrogens is 487 g/mol. The first-order chi connectivity index (χ1) is 15.9. The van der Waals surface area contributed by atoms with E-state index in [9.17, 15) is 9.18 Å². The van der Waals surface area contributed by atoms with Crippen LogP contribution in [0.4, 0.5) is 4.39 Å². The van der Waals surface area contributed by atoms with Crippen LogP contribution in [-0.2, 0) is 17.8 Å². The summed E-state index contributed by atoms with van der Waals surface area (Å²) in [5.74, 6) is 1.09. The van der Waals surface area contributed by atoms with Crippen LogP contribution >= 0.6 is 15.9 Å². The third kappa shape index (κ3) is 7.71. The van der Waals surface area contributed by atoms with E-state index >= 15 is 0 Å².